The quantitative estimate of drug-likeness (QED) is 0.854. The molecule has 2 heterocycles. The molecule has 0 radical (unpaired) electrons. The van der Waals surface area contributed by atoms with Crippen LogP contribution in [0.3, 0.4) is 0 Å². The summed E-state index contributed by atoms with van der Waals surface area (Å²) in [5.41, 5.74) is 9.28. The van der Waals surface area contributed by atoms with E-state index in [1.165, 1.54) is 11.3 Å². The normalized spacial score (nSPS) is 15.8. The number of piperazine rings is 1. The van der Waals surface area contributed by atoms with Gasteiger partial charge in [-0.15, -0.1) is 11.3 Å². The Morgan fingerprint density at radius 3 is 2.58 bits per heavy atom. The number of hydrogen-bond acceptors (Lipinski definition) is 5. The molecule has 0 spiro atoms. The van der Waals surface area contributed by atoms with Crippen molar-refractivity contribution in [3.63, 3.8) is 0 Å². The summed E-state index contributed by atoms with van der Waals surface area (Å²) in [6, 6.07) is 6.14. The third-order valence-corrected chi connectivity index (χ3v) is 4.38. The van der Waals surface area contributed by atoms with Gasteiger partial charge >= 0.3 is 0 Å². The SMILES string of the molecule is Cc1ccc(N)cc1N1CCN(c2nccs2)CC1. The molecule has 0 aliphatic carbocycles. The Balaban J connectivity index is 1.71. The summed E-state index contributed by atoms with van der Waals surface area (Å²) in [6.45, 7) is 6.21. The first-order valence-electron chi connectivity index (χ1n) is 6.49. The average molecular weight is 274 g/mol. The average Bonchev–Trinajstić information content (AvgIpc) is 2.96. The molecular weight excluding hydrogens is 256 g/mol. The molecule has 0 amide bonds. The minimum absolute atomic E-state index is 0.836. The summed E-state index contributed by atoms with van der Waals surface area (Å²) in [4.78, 5) is 9.14. The molecule has 1 aromatic carbocycles. The second-order valence-corrected chi connectivity index (χ2v) is 5.71. The van der Waals surface area contributed by atoms with E-state index in [0.717, 1.165) is 37.0 Å². The van der Waals surface area contributed by atoms with Crippen molar-refractivity contribution in [1.82, 2.24) is 4.98 Å². The predicted octanol–water partition coefficient (Wildman–Crippen LogP) is 2.36. The topological polar surface area (TPSA) is 45.4 Å². The number of hydrogen-bond donors (Lipinski definition) is 1. The molecule has 100 valence electrons. The summed E-state index contributed by atoms with van der Waals surface area (Å²) < 4.78 is 0. The van der Waals surface area contributed by atoms with Crippen molar-refractivity contribution in [1.29, 1.82) is 0 Å². The standard InChI is InChI=1S/C14H18N4S/c1-11-2-3-12(15)10-13(11)17-5-7-18(8-6-17)14-16-4-9-19-14/h2-4,9-10H,5-8,15H2,1H3. The summed E-state index contributed by atoms with van der Waals surface area (Å²) in [5.74, 6) is 0. The van der Waals surface area contributed by atoms with Gasteiger partial charge in [0.15, 0.2) is 5.13 Å². The highest BCUT2D eigenvalue weighted by Gasteiger charge is 2.19. The van der Waals surface area contributed by atoms with E-state index in [-0.39, 0.29) is 0 Å². The van der Waals surface area contributed by atoms with Crippen molar-refractivity contribution >= 4 is 27.8 Å². The first kappa shape index (κ1) is 12.3. The van der Waals surface area contributed by atoms with Gasteiger partial charge in [0.1, 0.15) is 0 Å². The van der Waals surface area contributed by atoms with Crippen LogP contribution in [0.4, 0.5) is 16.5 Å². The highest BCUT2D eigenvalue weighted by molar-refractivity contribution is 7.13. The van der Waals surface area contributed by atoms with E-state index in [4.69, 9.17) is 5.73 Å². The molecule has 1 aliphatic heterocycles. The lowest BCUT2D eigenvalue weighted by molar-refractivity contribution is 0.651. The summed E-state index contributed by atoms with van der Waals surface area (Å²) in [7, 11) is 0. The van der Waals surface area contributed by atoms with E-state index in [2.05, 4.69) is 33.8 Å². The van der Waals surface area contributed by atoms with Gasteiger partial charge in [0.05, 0.1) is 0 Å². The third kappa shape index (κ3) is 2.51. The molecule has 2 aromatic rings. The van der Waals surface area contributed by atoms with Crippen molar-refractivity contribution in [2.24, 2.45) is 0 Å². The van der Waals surface area contributed by atoms with E-state index < -0.39 is 0 Å². The van der Waals surface area contributed by atoms with Crippen LogP contribution in [-0.2, 0) is 0 Å². The highest BCUT2D eigenvalue weighted by Crippen LogP contribution is 2.26. The van der Waals surface area contributed by atoms with Crippen LogP contribution in [0.1, 0.15) is 5.56 Å². The van der Waals surface area contributed by atoms with Crippen LogP contribution >= 0.6 is 11.3 Å². The molecule has 1 aromatic heterocycles. The lowest BCUT2D eigenvalue weighted by Gasteiger charge is -2.36. The number of nitrogen functional groups attached to an aromatic ring is 1. The predicted molar refractivity (Wildman–Crippen MR) is 82.1 cm³/mol. The molecule has 5 heteroatoms. The molecule has 0 unspecified atom stereocenters. The van der Waals surface area contributed by atoms with Gasteiger partial charge in [-0.05, 0) is 24.6 Å². The fourth-order valence-electron chi connectivity index (χ4n) is 2.48. The Bertz CT molecular complexity index is 545. The fraction of sp³-hybridized carbons (Fsp3) is 0.357. The number of nitrogens with two attached hydrogens (primary N) is 1. The first-order chi connectivity index (χ1) is 9.24. The molecule has 0 bridgehead atoms. The van der Waals surface area contributed by atoms with Crippen LogP contribution in [0.2, 0.25) is 0 Å². The number of thiazole rings is 1. The van der Waals surface area contributed by atoms with Crippen LogP contribution in [0.25, 0.3) is 0 Å². The van der Waals surface area contributed by atoms with Crippen LogP contribution in [0.5, 0.6) is 0 Å². The fourth-order valence-corrected chi connectivity index (χ4v) is 3.17. The Labute approximate surface area is 117 Å². The van der Waals surface area contributed by atoms with E-state index in [9.17, 15) is 0 Å². The Hall–Kier alpha value is -1.75. The minimum Gasteiger partial charge on any atom is -0.399 e. The molecule has 4 nitrogen and oxygen atoms in total. The van der Waals surface area contributed by atoms with Crippen LogP contribution < -0.4 is 15.5 Å². The number of benzene rings is 1. The Morgan fingerprint density at radius 1 is 1.16 bits per heavy atom. The molecule has 0 saturated carbocycles. The van der Waals surface area contributed by atoms with E-state index in [1.807, 2.05) is 17.6 Å². The zero-order valence-electron chi connectivity index (χ0n) is 11.0. The largest absolute Gasteiger partial charge is 0.399 e. The van der Waals surface area contributed by atoms with Gasteiger partial charge in [0.25, 0.3) is 0 Å². The van der Waals surface area contributed by atoms with E-state index in [1.54, 1.807) is 11.3 Å². The Kier molecular flexibility index (Phi) is 3.29. The van der Waals surface area contributed by atoms with E-state index >= 15 is 0 Å². The van der Waals surface area contributed by atoms with Crippen LogP contribution in [0, 0.1) is 6.92 Å². The molecule has 3 rings (SSSR count). The maximum Gasteiger partial charge on any atom is 0.185 e. The molecule has 1 fully saturated rings. The summed E-state index contributed by atoms with van der Waals surface area (Å²) >= 11 is 1.71. The van der Waals surface area contributed by atoms with Crippen molar-refractivity contribution in [2.75, 3.05) is 41.7 Å². The Morgan fingerprint density at radius 2 is 1.89 bits per heavy atom. The van der Waals surface area contributed by atoms with Gasteiger partial charge in [0.2, 0.25) is 0 Å². The number of aryl methyl sites for hydroxylation is 1. The van der Waals surface area contributed by atoms with Crippen LogP contribution in [-0.4, -0.2) is 31.2 Å². The highest BCUT2D eigenvalue weighted by atomic mass is 32.1. The zero-order valence-corrected chi connectivity index (χ0v) is 11.9. The third-order valence-electron chi connectivity index (χ3n) is 3.54. The maximum absolute atomic E-state index is 5.89. The minimum atomic E-state index is 0.836. The molecular formula is C14H18N4S. The number of rotatable bonds is 2. The molecule has 1 saturated heterocycles. The van der Waals surface area contributed by atoms with E-state index in [0.29, 0.717) is 0 Å². The van der Waals surface area contributed by atoms with Gasteiger partial charge in [-0.3, -0.25) is 0 Å². The maximum atomic E-state index is 5.89. The van der Waals surface area contributed by atoms with Crippen molar-refractivity contribution in [3.8, 4) is 0 Å². The van der Waals surface area contributed by atoms with Crippen molar-refractivity contribution in [2.45, 2.75) is 6.92 Å². The monoisotopic (exact) mass is 274 g/mol. The molecule has 0 atom stereocenters. The van der Waals surface area contributed by atoms with Crippen molar-refractivity contribution < 1.29 is 0 Å². The molecule has 19 heavy (non-hydrogen) atoms. The summed E-state index contributed by atoms with van der Waals surface area (Å²) in [5, 5.41) is 3.16. The number of aromatic nitrogens is 1. The smallest absolute Gasteiger partial charge is 0.185 e. The lowest BCUT2D eigenvalue weighted by atomic mass is 10.1. The second-order valence-electron chi connectivity index (χ2n) is 4.83. The molecule has 1 aliphatic rings. The van der Waals surface area contributed by atoms with Gasteiger partial charge in [-0.25, -0.2) is 4.98 Å². The summed E-state index contributed by atoms with van der Waals surface area (Å²) in [6.07, 6.45) is 1.87. The van der Waals surface area contributed by atoms with Crippen molar-refractivity contribution in [3.05, 3.63) is 35.3 Å². The number of nitrogens with zero attached hydrogens (tertiary/aromatic N) is 3. The van der Waals surface area contributed by atoms with Gasteiger partial charge in [-0.1, -0.05) is 6.07 Å². The first-order valence-corrected chi connectivity index (χ1v) is 7.37. The second kappa shape index (κ2) is 5.09. The van der Waals surface area contributed by atoms with Gasteiger partial charge in [0, 0.05) is 49.1 Å². The zero-order chi connectivity index (χ0) is 13.2. The lowest BCUT2D eigenvalue weighted by Crippen LogP contribution is -2.46. The van der Waals surface area contributed by atoms with Gasteiger partial charge in [-0.2, -0.15) is 0 Å². The molecule has 2 N–H and O–H groups in total. The number of anilines is 3. The van der Waals surface area contributed by atoms with Gasteiger partial charge < -0.3 is 15.5 Å². The van der Waals surface area contributed by atoms with Crippen LogP contribution in [0.15, 0.2) is 29.8 Å².